The third-order valence-corrected chi connectivity index (χ3v) is 2.42. The molecule has 3 nitrogen and oxygen atoms in total. The largest absolute Gasteiger partial charge is 0.412 e. The monoisotopic (exact) mass is 190 g/mol. The summed E-state index contributed by atoms with van der Waals surface area (Å²) in [5.74, 6) is 0. The zero-order valence-corrected chi connectivity index (χ0v) is 9.80. The molecule has 0 aromatic carbocycles. The van der Waals surface area contributed by atoms with Crippen molar-refractivity contribution in [3.63, 3.8) is 0 Å². The molecule has 0 aromatic heterocycles. The lowest BCUT2D eigenvalue weighted by Crippen LogP contribution is -2.40. The first-order chi connectivity index (χ1) is 5.70. The predicted molar refractivity (Wildman–Crippen MR) is 59.2 cm³/mol. The summed E-state index contributed by atoms with van der Waals surface area (Å²) in [6, 6.07) is 0.830. The molecule has 3 heteroatoms. The Morgan fingerprint density at radius 3 is 1.77 bits per heavy atom. The fraction of sp³-hybridized carbons (Fsp3) is 1.00. The first-order valence-corrected chi connectivity index (χ1v) is 5.05. The van der Waals surface area contributed by atoms with Gasteiger partial charge < -0.3 is 15.3 Å². The molecule has 82 valence electrons. The van der Waals surface area contributed by atoms with Gasteiger partial charge in [-0.3, -0.25) is 0 Å². The minimum Gasteiger partial charge on any atom is -0.412 e. The number of hydrogen-bond donors (Lipinski definition) is 0. The molecule has 0 aromatic rings. The number of likely N-dealkylation sites (tertiary alicyclic amines) is 1. The van der Waals surface area contributed by atoms with Crippen molar-refractivity contribution in [3.05, 3.63) is 0 Å². The first kappa shape index (κ1) is 15.4. The average Bonchev–Trinajstić information content (AvgIpc) is 2.09. The highest BCUT2D eigenvalue weighted by Gasteiger charge is 2.17. The van der Waals surface area contributed by atoms with Gasteiger partial charge in [-0.25, -0.2) is 0 Å². The molecule has 0 unspecified atom stereocenters. The van der Waals surface area contributed by atoms with E-state index in [-0.39, 0.29) is 5.48 Å². The fourth-order valence-electron chi connectivity index (χ4n) is 1.51. The van der Waals surface area contributed by atoms with E-state index in [1.807, 2.05) is 13.8 Å². The van der Waals surface area contributed by atoms with E-state index >= 15 is 0 Å². The summed E-state index contributed by atoms with van der Waals surface area (Å²) in [5, 5.41) is 0. The second kappa shape index (κ2) is 8.48. The van der Waals surface area contributed by atoms with Crippen molar-refractivity contribution < 1.29 is 5.48 Å². The molecule has 13 heavy (non-hydrogen) atoms. The Kier molecular flexibility index (Phi) is 10.0. The molecule has 0 atom stereocenters. The van der Waals surface area contributed by atoms with Crippen LogP contribution in [0.3, 0.4) is 0 Å². The van der Waals surface area contributed by atoms with Crippen molar-refractivity contribution in [2.75, 3.05) is 34.2 Å². The maximum absolute atomic E-state index is 2.40. The predicted octanol–water partition coefficient (Wildman–Crippen LogP) is 0.844. The highest BCUT2D eigenvalue weighted by molar-refractivity contribution is 4.74. The van der Waals surface area contributed by atoms with Crippen molar-refractivity contribution in [1.82, 2.24) is 9.80 Å². The summed E-state index contributed by atoms with van der Waals surface area (Å²) in [6.07, 6.45) is 2.67. The molecule has 0 saturated carbocycles. The van der Waals surface area contributed by atoms with Gasteiger partial charge in [-0.2, -0.15) is 0 Å². The van der Waals surface area contributed by atoms with Crippen LogP contribution in [0.4, 0.5) is 0 Å². The van der Waals surface area contributed by atoms with E-state index in [9.17, 15) is 0 Å². The van der Waals surface area contributed by atoms with Crippen molar-refractivity contribution in [2.24, 2.45) is 0 Å². The van der Waals surface area contributed by atoms with E-state index < -0.39 is 0 Å². The summed E-state index contributed by atoms with van der Waals surface area (Å²) < 4.78 is 0. The second-order valence-corrected chi connectivity index (χ2v) is 3.50. The quantitative estimate of drug-likeness (QED) is 0.614. The van der Waals surface area contributed by atoms with Gasteiger partial charge in [0, 0.05) is 6.04 Å². The zero-order chi connectivity index (χ0) is 9.56. The third kappa shape index (κ3) is 6.02. The van der Waals surface area contributed by atoms with Crippen molar-refractivity contribution in [3.8, 4) is 0 Å². The van der Waals surface area contributed by atoms with E-state index in [0.29, 0.717) is 0 Å². The van der Waals surface area contributed by atoms with Crippen LogP contribution in [0.5, 0.6) is 0 Å². The summed E-state index contributed by atoms with van der Waals surface area (Å²) in [6.45, 7) is 6.53. The Bertz CT molecular complexity index is 99.1. The van der Waals surface area contributed by atoms with Crippen LogP contribution in [-0.4, -0.2) is 55.6 Å². The number of nitrogens with zero attached hydrogens (tertiary/aromatic N) is 2. The molecular weight excluding hydrogens is 164 g/mol. The van der Waals surface area contributed by atoms with E-state index in [4.69, 9.17) is 0 Å². The Morgan fingerprint density at radius 1 is 1.08 bits per heavy atom. The smallest absolute Gasteiger partial charge is 0.0113 e. The van der Waals surface area contributed by atoms with Gasteiger partial charge in [-0.15, -0.1) is 0 Å². The molecule has 0 spiro atoms. The summed E-state index contributed by atoms with van der Waals surface area (Å²) in [7, 11) is 6.55. The van der Waals surface area contributed by atoms with Gasteiger partial charge in [0.15, 0.2) is 0 Å². The molecule has 0 amide bonds. The van der Waals surface area contributed by atoms with Crippen molar-refractivity contribution in [1.29, 1.82) is 0 Å². The SMILES string of the molecule is CC.CN1CCC(N(C)C)CC1.O. The van der Waals surface area contributed by atoms with Crippen LogP contribution in [0.2, 0.25) is 0 Å². The van der Waals surface area contributed by atoms with Gasteiger partial charge >= 0.3 is 0 Å². The van der Waals surface area contributed by atoms with Crippen molar-refractivity contribution in [2.45, 2.75) is 32.7 Å². The summed E-state index contributed by atoms with van der Waals surface area (Å²) in [5.41, 5.74) is 0. The average molecular weight is 190 g/mol. The van der Waals surface area contributed by atoms with E-state index in [0.717, 1.165) is 6.04 Å². The van der Waals surface area contributed by atoms with Gasteiger partial charge in [0.1, 0.15) is 0 Å². The molecule has 1 aliphatic rings. The normalized spacial score (nSPS) is 18.9. The van der Waals surface area contributed by atoms with Gasteiger partial charge in [-0.05, 0) is 47.1 Å². The first-order valence-electron chi connectivity index (χ1n) is 5.05. The highest BCUT2D eigenvalue weighted by atomic mass is 16.0. The van der Waals surface area contributed by atoms with E-state index in [1.165, 1.54) is 25.9 Å². The molecule has 2 N–H and O–H groups in total. The van der Waals surface area contributed by atoms with Gasteiger partial charge in [0.2, 0.25) is 0 Å². The standard InChI is InChI=1S/C8H18N2.C2H6.H2O/c1-9(2)8-4-6-10(3)7-5-8;1-2;/h8H,4-7H2,1-3H3;1-2H3;1H2. The van der Waals surface area contributed by atoms with Crippen LogP contribution in [-0.2, 0) is 0 Å². The molecule has 0 bridgehead atoms. The lowest BCUT2D eigenvalue weighted by atomic mass is 10.1. The second-order valence-electron chi connectivity index (χ2n) is 3.50. The molecule has 1 saturated heterocycles. The summed E-state index contributed by atoms with van der Waals surface area (Å²) in [4.78, 5) is 4.74. The van der Waals surface area contributed by atoms with E-state index in [2.05, 4.69) is 30.9 Å². The molecule has 1 aliphatic heterocycles. The third-order valence-electron chi connectivity index (χ3n) is 2.42. The van der Waals surface area contributed by atoms with Crippen LogP contribution in [0.25, 0.3) is 0 Å². The van der Waals surface area contributed by atoms with Crippen LogP contribution in [0.1, 0.15) is 26.7 Å². The minimum absolute atomic E-state index is 0. The Balaban J connectivity index is 0. The maximum atomic E-state index is 2.40. The molecule has 0 aliphatic carbocycles. The number of piperidine rings is 1. The Morgan fingerprint density at radius 2 is 1.46 bits per heavy atom. The topological polar surface area (TPSA) is 38.0 Å². The number of rotatable bonds is 1. The number of hydrogen-bond acceptors (Lipinski definition) is 2. The van der Waals surface area contributed by atoms with Crippen LogP contribution < -0.4 is 0 Å². The fourth-order valence-corrected chi connectivity index (χ4v) is 1.51. The Hall–Kier alpha value is -0.120. The van der Waals surface area contributed by atoms with Gasteiger partial charge in [0.05, 0.1) is 0 Å². The molecular formula is C10H26N2O. The minimum atomic E-state index is 0. The van der Waals surface area contributed by atoms with Crippen LogP contribution >= 0.6 is 0 Å². The molecule has 1 rings (SSSR count). The van der Waals surface area contributed by atoms with Crippen LogP contribution in [0, 0.1) is 0 Å². The van der Waals surface area contributed by atoms with E-state index in [1.54, 1.807) is 0 Å². The van der Waals surface area contributed by atoms with Gasteiger partial charge in [-0.1, -0.05) is 13.8 Å². The molecule has 0 radical (unpaired) electrons. The van der Waals surface area contributed by atoms with Crippen LogP contribution in [0.15, 0.2) is 0 Å². The lowest BCUT2D eigenvalue weighted by Gasteiger charge is -2.32. The Labute approximate surface area is 83.0 Å². The molecule has 1 heterocycles. The summed E-state index contributed by atoms with van der Waals surface area (Å²) >= 11 is 0. The molecule has 1 fully saturated rings. The van der Waals surface area contributed by atoms with Crippen molar-refractivity contribution >= 4 is 0 Å². The van der Waals surface area contributed by atoms with Gasteiger partial charge in [0.25, 0.3) is 0 Å². The lowest BCUT2D eigenvalue weighted by molar-refractivity contribution is 0.166. The zero-order valence-electron chi connectivity index (χ0n) is 9.80. The highest BCUT2D eigenvalue weighted by Crippen LogP contribution is 2.11. The maximum Gasteiger partial charge on any atom is 0.0113 e.